The Bertz CT molecular complexity index is 1110. The summed E-state index contributed by atoms with van der Waals surface area (Å²) in [6.45, 7) is 3.77. The number of rotatable bonds is 7. The maximum atomic E-state index is 5.90. The summed E-state index contributed by atoms with van der Waals surface area (Å²) in [5, 5.41) is 15.3. The molecule has 154 valence electrons. The van der Waals surface area contributed by atoms with Crippen LogP contribution < -0.4 is 0 Å². The molecular weight excluding hydrogens is 432 g/mol. The molecule has 1 unspecified atom stereocenters. The fourth-order valence-electron chi connectivity index (χ4n) is 3.55. The van der Waals surface area contributed by atoms with Gasteiger partial charge in [0.25, 0.3) is 0 Å². The number of nitrogens with zero attached hydrogens (tertiary/aromatic N) is 4. The van der Waals surface area contributed by atoms with Crippen LogP contribution in [0.25, 0.3) is 22.0 Å². The third-order valence-electron chi connectivity index (χ3n) is 5.04. The van der Waals surface area contributed by atoms with E-state index in [0.29, 0.717) is 0 Å². The number of benzene rings is 1. The highest BCUT2D eigenvalue weighted by molar-refractivity contribution is 7.98. The highest BCUT2D eigenvalue weighted by atomic mass is 32.2. The lowest BCUT2D eigenvalue weighted by Crippen LogP contribution is -2.16. The van der Waals surface area contributed by atoms with Gasteiger partial charge >= 0.3 is 0 Å². The first-order chi connectivity index (χ1) is 14.8. The van der Waals surface area contributed by atoms with E-state index in [1.54, 1.807) is 34.4 Å². The van der Waals surface area contributed by atoms with E-state index in [-0.39, 0.29) is 6.10 Å². The minimum absolute atomic E-state index is 0.239. The van der Waals surface area contributed by atoms with Crippen LogP contribution in [0.15, 0.2) is 52.3 Å². The summed E-state index contributed by atoms with van der Waals surface area (Å²) in [6, 6.07) is 12.5. The number of thiazole rings is 1. The predicted molar refractivity (Wildman–Crippen MR) is 124 cm³/mol. The maximum absolute atomic E-state index is 5.90. The molecule has 1 aliphatic rings. The van der Waals surface area contributed by atoms with Crippen molar-refractivity contribution in [2.75, 3.05) is 6.61 Å². The molecule has 0 aliphatic carbocycles. The smallest absolute Gasteiger partial charge is 0.191 e. The second kappa shape index (κ2) is 9.01. The van der Waals surface area contributed by atoms with Gasteiger partial charge in [0.15, 0.2) is 11.0 Å². The summed E-state index contributed by atoms with van der Waals surface area (Å²) in [5.41, 5.74) is 3.37. The summed E-state index contributed by atoms with van der Waals surface area (Å²) >= 11 is 5.13. The van der Waals surface area contributed by atoms with Crippen molar-refractivity contribution in [1.29, 1.82) is 0 Å². The average molecular weight is 455 g/mol. The Hall–Kier alpha value is -2.00. The molecule has 1 fully saturated rings. The third-order valence-corrected chi connectivity index (χ3v) is 7.84. The van der Waals surface area contributed by atoms with Gasteiger partial charge in [-0.25, -0.2) is 4.98 Å². The zero-order valence-electron chi connectivity index (χ0n) is 16.7. The maximum Gasteiger partial charge on any atom is 0.191 e. The van der Waals surface area contributed by atoms with E-state index in [0.717, 1.165) is 64.6 Å². The standard InChI is InChI=1S/C22H22N4OS3/c1-15-10-17(12-28-15)20-24-25-22(26(20)11-19-8-5-9-27-19)30-14-18-13-29-21(23-18)16-6-3-2-4-7-16/h2-4,6-7,10,12-13,19H,5,8-9,11,14H2,1H3. The zero-order chi connectivity index (χ0) is 20.3. The van der Waals surface area contributed by atoms with Crippen molar-refractivity contribution in [3.8, 4) is 22.0 Å². The monoisotopic (exact) mass is 454 g/mol. The second-order valence-corrected chi connectivity index (χ2v) is 10.2. The van der Waals surface area contributed by atoms with Crippen molar-refractivity contribution >= 4 is 34.4 Å². The van der Waals surface area contributed by atoms with Crippen LogP contribution in [0.1, 0.15) is 23.4 Å². The number of thioether (sulfide) groups is 1. The average Bonchev–Trinajstić information content (AvgIpc) is 3.56. The quantitative estimate of drug-likeness (QED) is 0.325. The molecule has 1 atom stereocenters. The Labute approximate surface area is 188 Å². The number of thiophene rings is 1. The molecule has 4 heterocycles. The van der Waals surface area contributed by atoms with Gasteiger partial charge in [0, 0.05) is 39.1 Å². The lowest BCUT2D eigenvalue weighted by molar-refractivity contribution is 0.0953. The second-order valence-electron chi connectivity index (χ2n) is 7.30. The lowest BCUT2D eigenvalue weighted by atomic mass is 10.2. The Morgan fingerprint density at radius 3 is 2.80 bits per heavy atom. The van der Waals surface area contributed by atoms with Crippen molar-refractivity contribution in [1.82, 2.24) is 19.7 Å². The van der Waals surface area contributed by atoms with Crippen LogP contribution >= 0.6 is 34.4 Å². The molecule has 3 aromatic heterocycles. The first-order valence-electron chi connectivity index (χ1n) is 9.99. The summed E-state index contributed by atoms with van der Waals surface area (Å²) in [5.74, 6) is 1.70. The van der Waals surface area contributed by atoms with Crippen LogP contribution in [0.2, 0.25) is 0 Å². The van der Waals surface area contributed by atoms with E-state index >= 15 is 0 Å². The summed E-state index contributed by atoms with van der Waals surface area (Å²) < 4.78 is 8.13. The van der Waals surface area contributed by atoms with Crippen LogP contribution in [0, 0.1) is 6.92 Å². The normalized spacial score (nSPS) is 16.4. The van der Waals surface area contributed by atoms with Gasteiger partial charge in [-0.15, -0.1) is 32.9 Å². The zero-order valence-corrected chi connectivity index (χ0v) is 19.1. The van der Waals surface area contributed by atoms with Crippen molar-refractivity contribution in [3.63, 3.8) is 0 Å². The number of hydrogen-bond acceptors (Lipinski definition) is 7. The van der Waals surface area contributed by atoms with E-state index in [9.17, 15) is 0 Å². The van der Waals surface area contributed by atoms with Crippen LogP contribution in [-0.4, -0.2) is 32.5 Å². The highest BCUT2D eigenvalue weighted by Crippen LogP contribution is 2.31. The molecule has 8 heteroatoms. The van der Waals surface area contributed by atoms with Crippen molar-refractivity contribution in [2.24, 2.45) is 0 Å². The van der Waals surface area contributed by atoms with Gasteiger partial charge in [-0.1, -0.05) is 42.1 Å². The molecule has 1 saturated heterocycles. The van der Waals surface area contributed by atoms with E-state index in [2.05, 4.69) is 50.6 Å². The van der Waals surface area contributed by atoms with Crippen LogP contribution in [0.5, 0.6) is 0 Å². The van der Waals surface area contributed by atoms with Crippen LogP contribution in [0.4, 0.5) is 0 Å². The third kappa shape index (κ3) is 4.37. The van der Waals surface area contributed by atoms with Gasteiger partial charge in [0.05, 0.1) is 18.3 Å². The van der Waals surface area contributed by atoms with Crippen molar-refractivity contribution in [2.45, 2.75) is 43.3 Å². The van der Waals surface area contributed by atoms with E-state index < -0.39 is 0 Å². The van der Waals surface area contributed by atoms with E-state index in [1.165, 1.54) is 4.88 Å². The molecule has 1 aromatic carbocycles. The van der Waals surface area contributed by atoms with Gasteiger partial charge in [0.2, 0.25) is 0 Å². The van der Waals surface area contributed by atoms with E-state index in [1.807, 2.05) is 18.2 Å². The van der Waals surface area contributed by atoms with Gasteiger partial charge in [-0.2, -0.15) is 0 Å². The molecule has 0 radical (unpaired) electrons. The van der Waals surface area contributed by atoms with Gasteiger partial charge in [-0.3, -0.25) is 4.57 Å². The topological polar surface area (TPSA) is 52.8 Å². The number of ether oxygens (including phenoxy) is 1. The molecule has 0 N–H and O–H groups in total. The van der Waals surface area contributed by atoms with Gasteiger partial charge in [-0.05, 0) is 25.8 Å². The summed E-state index contributed by atoms with van der Waals surface area (Å²) in [6.07, 6.45) is 2.46. The van der Waals surface area contributed by atoms with Crippen molar-refractivity contribution in [3.05, 3.63) is 57.7 Å². The Kier molecular flexibility index (Phi) is 5.99. The summed E-state index contributed by atoms with van der Waals surface area (Å²) in [4.78, 5) is 6.09. The first-order valence-corrected chi connectivity index (χ1v) is 12.7. The SMILES string of the molecule is Cc1cc(-c2nnc(SCc3csc(-c4ccccc4)n3)n2CC2CCCO2)cs1. The minimum Gasteiger partial charge on any atom is -0.376 e. The first kappa shape index (κ1) is 19.9. The molecule has 5 nitrogen and oxygen atoms in total. The largest absolute Gasteiger partial charge is 0.376 e. The fourth-order valence-corrected chi connectivity index (χ4v) is 6.00. The molecule has 0 spiro atoms. The van der Waals surface area contributed by atoms with Gasteiger partial charge in [0.1, 0.15) is 5.01 Å². The number of aryl methyl sites for hydroxylation is 1. The fraction of sp³-hybridized carbons (Fsp3) is 0.318. The number of aromatic nitrogens is 4. The Balaban J connectivity index is 1.36. The molecular formula is C22H22N4OS3. The minimum atomic E-state index is 0.239. The highest BCUT2D eigenvalue weighted by Gasteiger charge is 2.22. The van der Waals surface area contributed by atoms with Crippen molar-refractivity contribution < 1.29 is 4.74 Å². The lowest BCUT2D eigenvalue weighted by Gasteiger charge is -2.14. The Morgan fingerprint density at radius 2 is 2.03 bits per heavy atom. The molecule has 5 rings (SSSR count). The number of hydrogen-bond donors (Lipinski definition) is 0. The molecule has 0 bridgehead atoms. The molecule has 4 aromatic rings. The molecule has 0 saturated carbocycles. The van der Waals surface area contributed by atoms with E-state index in [4.69, 9.17) is 9.72 Å². The predicted octanol–water partition coefficient (Wildman–Crippen LogP) is 5.91. The van der Waals surface area contributed by atoms with Crippen LogP contribution in [0.3, 0.4) is 0 Å². The Morgan fingerprint density at radius 1 is 1.13 bits per heavy atom. The van der Waals surface area contributed by atoms with Gasteiger partial charge < -0.3 is 4.74 Å². The van der Waals surface area contributed by atoms with Crippen LogP contribution in [-0.2, 0) is 17.0 Å². The molecule has 0 amide bonds. The molecule has 30 heavy (non-hydrogen) atoms. The summed E-state index contributed by atoms with van der Waals surface area (Å²) in [7, 11) is 0. The molecule has 1 aliphatic heterocycles.